The van der Waals surface area contributed by atoms with Crippen LogP contribution in [-0.4, -0.2) is 38.3 Å². The Morgan fingerprint density at radius 3 is 2.22 bits per heavy atom. The highest BCUT2D eigenvalue weighted by molar-refractivity contribution is 7.58. The fourth-order valence-electron chi connectivity index (χ4n) is 2.23. The van der Waals surface area contributed by atoms with Crippen LogP contribution in [0.4, 0.5) is 0 Å². The van der Waals surface area contributed by atoms with Crippen molar-refractivity contribution in [1.29, 1.82) is 0 Å². The third kappa shape index (κ3) is 6.52. The van der Waals surface area contributed by atoms with Crippen LogP contribution >= 0.6 is 7.37 Å². The first-order chi connectivity index (χ1) is 10.7. The number of aliphatic hydroxyl groups excluding tert-OH is 1. The Bertz CT molecular complexity index is 572. The molecule has 0 aromatic heterocycles. The van der Waals surface area contributed by atoms with Gasteiger partial charge in [0.2, 0.25) is 7.37 Å². The van der Waals surface area contributed by atoms with Gasteiger partial charge in [-0.05, 0) is 24.8 Å². The summed E-state index contributed by atoms with van der Waals surface area (Å²) in [4.78, 5) is 31.5. The zero-order chi connectivity index (χ0) is 17.5. The first kappa shape index (κ1) is 19.4. The van der Waals surface area contributed by atoms with Gasteiger partial charge < -0.3 is 20.2 Å². The van der Waals surface area contributed by atoms with E-state index in [4.69, 9.17) is 10.2 Å². The Morgan fingerprint density at radius 1 is 1.09 bits per heavy atom. The summed E-state index contributed by atoms with van der Waals surface area (Å²) in [6, 6.07) is 8.09. The van der Waals surface area contributed by atoms with Crippen molar-refractivity contribution in [3.05, 3.63) is 35.9 Å². The maximum absolute atomic E-state index is 12.2. The number of carboxylic acids is 2. The normalized spacial score (nSPS) is 16.3. The van der Waals surface area contributed by atoms with E-state index in [1.54, 1.807) is 30.3 Å². The smallest absolute Gasteiger partial charge is 0.306 e. The molecule has 0 aliphatic carbocycles. The van der Waals surface area contributed by atoms with Crippen LogP contribution in [0.2, 0.25) is 0 Å². The summed E-state index contributed by atoms with van der Waals surface area (Å²) in [5, 5.41) is 27.6. The van der Waals surface area contributed by atoms with Crippen LogP contribution in [0.5, 0.6) is 0 Å². The fraction of sp³-hybridized carbons (Fsp3) is 0.467. The van der Waals surface area contributed by atoms with Crippen molar-refractivity contribution >= 4 is 19.3 Å². The van der Waals surface area contributed by atoms with Gasteiger partial charge in [0.25, 0.3) is 0 Å². The van der Waals surface area contributed by atoms with Crippen molar-refractivity contribution in [1.82, 2.24) is 0 Å². The molecule has 1 aromatic rings. The molecule has 0 aliphatic heterocycles. The second-order valence-corrected chi connectivity index (χ2v) is 7.82. The van der Waals surface area contributed by atoms with Crippen LogP contribution in [0.25, 0.3) is 0 Å². The lowest BCUT2D eigenvalue weighted by atomic mass is 9.98. The van der Waals surface area contributed by atoms with Crippen molar-refractivity contribution in [3.63, 3.8) is 0 Å². The van der Waals surface area contributed by atoms with Gasteiger partial charge >= 0.3 is 11.9 Å². The molecule has 4 N–H and O–H groups in total. The van der Waals surface area contributed by atoms with Gasteiger partial charge in [-0.1, -0.05) is 30.3 Å². The van der Waals surface area contributed by atoms with E-state index < -0.39 is 31.1 Å². The number of benzene rings is 1. The molecule has 0 heterocycles. The number of carbonyl (C=O) groups is 2. The van der Waals surface area contributed by atoms with Gasteiger partial charge in [0.15, 0.2) is 5.85 Å². The molecular weight excluding hydrogens is 323 g/mol. The van der Waals surface area contributed by atoms with E-state index in [0.29, 0.717) is 5.56 Å². The van der Waals surface area contributed by atoms with Gasteiger partial charge in [0, 0.05) is 12.6 Å². The molecule has 0 fully saturated rings. The lowest BCUT2D eigenvalue weighted by molar-refractivity contribution is -0.143. The lowest BCUT2D eigenvalue weighted by Gasteiger charge is -2.19. The molecule has 1 rings (SSSR count). The number of aliphatic hydroxyl groups is 1. The maximum Gasteiger partial charge on any atom is 0.306 e. The molecule has 23 heavy (non-hydrogen) atoms. The number of rotatable bonds is 10. The second kappa shape index (κ2) is 8.82. The Labute approximate surface area is 134 Å². The molecule has 0 spiro atoms. The van der Waals surface area contributed by atoms with Crippen molar-refractivity contribution in [3.8, 4) is 0 Å². The van der Waals surface area contributed by atoms with Gasteiger partial charge in [-0.15, -0.1) is 0 Å². The average Bonchev–Trinajstić information content (AvgIpc) is 2.50. The molecule has 0 bridgehead atoms. The highest BCUT2D eigenvalue weighted by atomic mass is 31.2. The van der Waals surface area contributed by atoms with Gasteiger partial charge in [-0.25, -0.2) is 0 Å². The summed E-state index contributed by atoms with van der Waals surface area (Å²) in [6.45, 7) is 0. The van der Waals surface area contributed by atoms with E-state index in [9.17, 15) is 24.2 Å². The average molecular weight is 344 g/mol. The zero-order valence-electron chi connectivity index (χ0n) is 12.5. The monoisotopic (exact) mass is 344 g/mol. The summed E-state index contributed by atoms with van der Waals surface area (Å²) in [5.41, 5.74) is 0.332. The predicted molar refractivity (Wildman–Crippen MR) is 83.3 cm³/mol. The van der Waals surface area contributed by atoms with Gasteiger partial charge in [-0.3, -0.25) is 14.2 Å². The summed E-state index contributed by atoms with van der Waals surface area (Å²) < 4.78 is 12.2. The van der Waals surface area contributed by atoms with E-state index in [0.717, 1.165) is 0 Å². The first-order valence-electron chi connectivity index (χ1n) is 7.23. The Kier molecular flexibility index (Phi) is 7.42. The van der Waals surface area contributed by atoms with E-state index >= 15 is 0 Å². The molecule has 0 saturated carbocycles. The largest absolute Gasteiger partial charge is 0.481 e. The van der Waals surface area contributed by atoms with Crippen LogP contribution in [-0.2, 0) is 14.2 Å². The standard InChI is InChI=1S/C15H21O7P/c16-13(17)9-8-11(14(18)19)7-4-10-23(21,22)15(20)12-5-2-1-3-6-12/h1-3,5-6,11,15,20H,4,7-10H2,(H,16,17)(H,18,19)(H,21,22). The second-order valence-electron chi connectivity index (χ2n) is 5.37. The lowest BCUT2D eigenvalue weighted by Crippen LogP contribution is -2.16. The molecule has 0 radical (unpaired) electrons. The van der Waals surface area contributed by atoms with Gasteiger partial charge in [0.05, 0.1) is 5.92 Å². The van der Waals surface area contributed by atoms with Crippen LogP contribution in [0, 0.1) is 5.92 Å². The topological polar surface area (TPSA) is 132 Å². The number of aliphatic carboxylic acids is 2. The number of carboxylic acid groups (broad SMARTS) is 2. The molecular formula is C15H21O7P. The maximum atomic E-state index is 12.2. The molecule has 3 atom stereocenters. The molecule has 1 aromatic carbocycles. The van der Waals surface area contributed by atoms with Crippen LogP contribution in [0.15, 0.2) is 30.3 Å². The predicted octanol–water partition coefficient (Wildman–Crippen LogP) is 2.29. The Balaban J connectivity index is 2.56. The van der Waals surface area contributed by atoms with Crippen LogP contribution < -0.4 is 0 Å². The van der Waals surface area contributed by atoms with Crippen molar-refractivity contribution < 1.29 is 34.4 Å². The molecule has 7 nitrogen and oxygen atoms in total. The minimum absolute atomic E-state index is 0.0262. The summed E-state index contributed by atoms with van der Waals surface area (Å²) in [6.07, 6.45) is -0.301. The first-order valence-corrected chi connectivity index (χ1v) is 9.14. The van der Waals surface area contributed by atoms with Crippen LogP contribution in [0.1, 0.15) is 37.1 Å². The van der Waals surface area contributed by atoms with Crippen molar-refractivity contribution in [2.24, 2.45) is 5.92 Å². The summed E-state index contributed by atoms with van der Waals surface area (Å²) >= 11 is 0. The third-order valence-electron chi connectivity index (χ3n) is 3.57. The molecule has 3 unspecified atom stereocenters. The minimum Gasteiger partial charge on any atom is -0.481 e. The summed E-state index contributed by atoms with van der Waals surface area (Å²) in [5.74, 6) is -4.59. The minimum atomic E-state index is -3.88. The molecule has 0 saturated heterocycles. The summed E-state index contributed by atoms with van der Waals surface area (Å²) in [7, 11) is -3.88. The Hall–Kier alpha value is -1.69. The number of hydrogen-bond donors (Lipinski definition) is 4. The van der Waals surface area contributed by atoms with Crippen LogP contribution in [0.3, 0.4) is 0 Å². The third-order valence-corrected chi connectivity index (χ3v) is 5.59. The SMILES string of the molecule is O=C(O)CCC(CCCP(=O)(O)C(O)c1ccccc1)C(=O)O. The molecule has 8 heteroatoms. The van der Waals surface area contributed by atoms with Crippen molar-refractivity contribution in [2.75, 3.05) is 6.16 Å². The molecule has 0 aliphatic rings. The highest BCUT2D eigenvalue weighted by Gasteiger charge is 2.30. The molecule has 0 amide bonds. The fourth-order valence-corrected chi connectivity index (χ4v) is 3.75. The van der Waals surface area contributed by atoms with Gasteiger partial charge in [0.1, 0.15) is 0 Å². The Morgan fingerprint density at radius 2 is 1.70 bits per heavy atom. The van der Waals surface area contributed by atoms with E-state index in [-0.39, 0.29) is 31.8 Å². The molecule has 128 valence electrons. The van der Waals surface area contributed by atoms with Gasteiger partial charge in [-0.2, -0.15) is 0 Å². The highest BCUT2D eigenvalue weighted by Crippen LogP contribution is 2.54. The van der Waals surface area contributed by atoms with E-state index in [1.165, 1.54) is 0 Å². The van der Waals surface area contributed by atoms with E-state index in [1.807, 2.05) is 0 Å². The van der Waals surface area contributed by atoms with E-state index in [2.05, 4.69) is 0 Å². The van der Waals surface area contributed by atoms with Crippen molar-refractivity contribution in [2.45, 2.75) is 31.5 Å². The zero-order valence-corrected chi connectivity index (χ0v) is 13.4. The number of hydrogen-bond acceptors (Lipinski definition) is 4. The quantitative estimate of drug-likeness (QED) is 0.479.